The van der Waals surface area contributed by atoms with E-state index in [4.69, 9.17) is 4.74 Å². The smallest absolute Gasteiger partial charge is 0.196 e. The SMILES string of the molecule is CC(=O)CSc1nnc(COc2ccccc2C)n1-c1ccccc1. The highest BCUT2D eigenvalue weighted by Crippen LogP contribution is 2.24. The fourth-order valence-corrected chi connectivity index (χ4v) is 3.12. The quantitative estimate of drug-likeness (QED) is 0.604. The van der Waals surface area contributed by atoms with Gasteiger partial charge in [0.2, 0.25) is 0 Å². The number of benzene rings is 2. The molecule has 1 heterocycles. The standard InChI is InChI=1S/C19H19N3O2S/c1-14-8-6-7-11-17(14)24-12-18-20-21-19(25-13-15(2)23)22(18)16-9-4-3-5-10-16/h3-11H,12-13H2,1-2H3. The maximum Gasteiger partial charge on any atom is 0.196 e. The van der Waals surface area contributed by atoms with Crippen LogP contribution in [0.25, 0.3) is 5.69 Å². The molecule has 6 heteroatoms. The number of hydrogen-bond donors (Lipinski definition) is 0. The third-order valence-corrected chi connectivity index (χ3v) is 4.64. The van der Waals surface area contributed by atoms with E-state index in [-0.39, 0.29) is 5.78 Å². The van der Waals surface area contributed by atoms with Crippen molar-refractivity contribution in [3.63, 3.8) is 0 Å². The Hall–Kier alpha value is -2.60. The monoisotopic (exact) mass is 353 g/mol. The topological polar surface area (TPSA) is 57.0 Å². The van der Waals surface area contributed by atoms with Crippen LogP contribution in [0, 0.1) is 6.92 Å². The molecule has 25 heavy (non-hydrogen) atoms. The Labute approximate surface area is 151 Å². The van der Waals surface area contributed by atoms with Crippen molar-refractivity contribution < 1.29 is 9.53 Å². The average Bonchev–Trinajstić information content (AvgIpc) is 3.03. The number of para-hydroxylation sites is 2. The van der Waals surface area contributed by atoms with E-state index in [9.17, 15) is 4.79 Å². The Morgan fingerprint density at radius 1 is 1.08 bits per heavy atom. The highest BCUT2D eigenvalue weighted by Gasteiger charge is 2.15. The Morgan fingerprint density at radius 2 is 1.80 bits per heavy atom. The third kappa shape index (κ3) is 4.28. The van der Waals surface area contributed by atoms with E-state index in [0.29, 0.717) is 23.3 Å². The largest absolute Gasteiger partial charge is 0.485 e. The second kappa shape index (κ2) is 7.98. The third-order valence-electron chi connectivity index (χ3n) is 3.57. The zero-order chi connectivity index (χ0) is 17.6. The van der Waals surface area contributed by atoms with Gasteiger partial charge in [-0.15, -0.1) is 10.2 Å². The Morgan fingerprint density at radius 3 is 2.52 bits per heavy atom. The van der Waals surface area contributed by atoms with E-state index in [2.05, 4.69) is 10.2 Å². The molecule has 0 amide bonds. The molecule has 0 spiro atoms. The lowest BCUT2D eigenvalue weighted by molar-refractivity contribution is -0.114. The maximum absolute atomic E-state index is 11.3. The number of carbonyl (C=O) groups excluding carboxylic acids is 1. The minimum Gasteiger partial charge on any atom is -0.485 e. The molecule has 0 fully saturated rings. The molecule has 2 aromatic carbocycles. The number of rotatable bonds is 7. The first-order valence-corrected chi connectivity index (χ1v) is 8.94. The molecule has 0 atom stereocenters. The summed E-state index contributed by atoms with van der Waals surface area (Å²) in [6.45, 7) is 3.87. The molecular weight excluding hydrogens is 334 g/mol. The second-order valence-corrected chi connectivity index (χ2v) is 6.56. The summed E-state index contributed by atoms with van der Waals surface area (Å²) in [5.41, 5.74) is 2.02. The zero-order valence-electron chi connectivity index (χ0n) is 14.2. The first kappa shape index (κ1) is 17.2. The lowest BCUT2D eigenvalue weighted by Gasteiger charge is -2.12. The normalized spacial score (nSPS) is 10.6. The molecular formula is C19H19N3O2S. The van der Waals surface area contributed by atoms with E-state index in [1.807, 2.05) is 66.1 Å². The summed E-state index contributed by atoms with van der Waals surface area (Å²) in [7, 11) is 0. The minimum absolute atomic E-state index is 0.102. The zero-order valence-corrected chi connectivity index (χ0v) is 15.0. The summed E-state index contributed by atoms with van der Waals surface area (Å²) >= 11 is 1.38. The molecule has 0 N–H and O–H groups in total. The van der Waals surface area contributed by atoms with Crippen LogP contribution in [-0.4, -0.2) is 26.3 Å². The molecule has 0 aliphatic rings. The summed E-state index contributed by atoms with van der Waals surface area (Å²) in [6, 6.07) is 17.7. The fraction of sp³-hybridized carbons (Fsp3) is 0.211. The van der Waals surface area contributed by atoms with Crippen LogP contribution < -0.4 is 4.74 Å². The first-order chi connectivity index (χ1) is 12.1. The Bertz CT molecular complexity index is 862. The van der Waals surface area contributed by atoms with E-state index in [0.717, 1.165) is 17.0 Å². The molecule has 0 bridgehead atoms. The number of ether oxygens (including phenoxy) is 1. The van der Waals surface area contributed by atoms with E-state index in [1.165, 1.54) is 11.8 Å². The van der Waals surface area contributed by atoms with Crippen LogP contribution in [0.4, 0.5) is 0 Å². The second-order valence-electron chi connectivity index (χ2n) is 5.61. The van der Waals surface area contributed by atoms with Gasteiger partial charge < -0.3 is 4.74 Å². The molecule has 1 aromatic heterocycles. The number of carbonyl (C=O) groups is 1. The van der Waals surface area contributed by atoms with Crippen molar-refractivity contribution in [3.8, 4) is 11.4 Å². The number of hydrogen-bond acceptors (Lipinski definition) is 5. The van der Waals surface area contributed by atoms with Crippen LogP contribution in [0.2, 0.25) is 0 Å². The van der Waals surface area contributed by atoms with Crippen LogP contribution >= 0.6 is 11.8 Å². The first-order valence-electron chi connectivity index (χ1n) is 7.95. The minimum atomic E-state index is 0.102. The predicted molar refractivity (Wildman–Crippen MR) is 98.3 cm³/mol. The van der Waals surface area contributed by atoms with Crippen LogP contribution in [0.1, 0.15) is 18.3 Å². The highest BCUT2D eigenvalue weighted by atomic mass is 32.2. The van der Waals surface area contributed by atoms with Crippen molar-refractivity contribution in [1.29, 1.82) is 0 Å². The van der Waals surface area contributed by atoms with Gasteiger partial charge in [-0.1, -0.05) is 48.2 Å². The summed E-state index contributed by atoms with van der Waals surface area (Å²) < 4.78 is 7.86. The number of aryl methyl sites for hydroxylation is 1. The average molecular weight is 353 g/mol. The molecule has 5 nitrogen and oxygen atoms in total. The van der Waals surface area contributed by atoms with Gasteiger partial charge >= 0.3 is 0 Å². The molecule has 0 aliphatic heterocycles. The van der Waals surface area contributed by atoms with Crippen LogP contribution in [0.3, 0.4) is 0 Å². The summed E-state index contributed by atoms with van der Waals surface area (Å²) in [5, 5.41) is 9.20. The van der Waals surface area contributed by atoms with Crippen molar-refractivity contribution in [2.75, 3.05) is 5.75 Å². The van der Waals surface area contributed by atoms with Gasteiger partial charge in [-0.05, 0) is 37.6 Å². The van der Waals surface area contributed by atoms with Gasteiger partial charge in [-0.2, -0.15) is 0 Å². The number of thioether (sulfide) groups is 1. The van der Waals surface area contributed by atoms with Gasteiger partial charge in [-0.3, -0.25) is 9.36 Å². The van der Waals surface area contributed by atoms with Crippen LogP contribution in [0.5, 0.6) is 5.75 Å². The maximum atomic E-state index is 11.3. The molecule has 3 rings (SSSR count). The van der Waals surface area contributed by atoms with E-state index in [1.54, 1.807) is 6.92 Å². The highest BCUT2D eigenvalue weighted by molar-refractivity contribution is 7.99. The molecule has 0 radical (unpaired) electrons. The lowest BCUT2D eigenvalue weighted by atomic mass is 10.2. The molecule has 3 aromatic rings. The van der Waals surface area contributed by atoms with E-state index >= 15 is 0 Å². The Kier molecular flexibility index (Phi) is 5.50. The van der Waals surface area contributed by atoms with Gasteiger partial charge in [0.25, 0.3) is 0 Å². The molecule has 128 valence electrons. The molecule has 0 saturated carbocycles. The van der Waals surface area contributed by atoms with Gasteiger partial charge in [0.15, 0.2) is 11.0 Å². The predicted octanol–water partition coefficient (Wildman–Crippen LogP) is 3.84. The summed E-state index contributed by atoms with van der Waals surface area (Å²) in [4.78, 5) is 11.3. The van der Waals surface area contributed by atoms with E-state index < -0.39 is 0 Å². The summed E-state index contributed by atoms with van der Waals surface area (Å²) in [6.07, 6.45) is 0. The van der Waals surface area contributed by atoms with Gasteiger partial charge in [-0.25, -0.2) is 0 Å². The molecule has 0 saturated heterocycles. The Balaban J connectivity index is 1.88. The molecule has 0 aliphatic carbocycles. The van der Waals surface area contributed by atoms with Crippen LogP contribution in [0.15, 0.2) is 59.8 Å². The fourth-order valence-electron chi connectivity index (χ4n) is 2.35. The van der Waals surface area contributed by atoms with Crippen molar-refractivity contribution in [2.45, 2.75) is 25.6 Å². The van der Waals surface area contributed by atoms with Gasteiger partial charge in [0.1, 0.15) is 18.1 Å². The van der Waals surface area contributed by atoms with Crippen molar-refractivity contribution in [2.24, 2.45) is 0 Å². The lowest BCUT2D eigenvalue weighted by Crippen LogP contribution is -2.07. The van der Waals surface area contributed by atoms with Crippen LogP contribution in [-0.2, 0) is 11.4 Å². The summed E-state index contributed by atoms with van der Waals surface area (Å²) in [5.74, 6) is 1.98. The number of nitrogens with zero attached hydrogens (tertiary/aromatic N) is 3. The van der Waals surface area contributed by atoms with Crippen molar-refractivity contribution in [1.82, 2.24) is 14.8 Å². The number of Topliss-reactive ketones (excluding diaryl/α,β-unsaturated/α-hetero) is 1. The van der Waals surface area contributed by atoms with Crippen molar-refractivity contribution in [3.05, 3.63) is 66.0 Å². The van der Waals surface area contributed by atoms with Gasteiger partial charge in [0, 0.05) is 5.69 Å². The van der Waals surface area contributed by atoms with Gasteiger partial charge in [0.05, 0.1) is 5.75 Å². The number of ketones is 1. The van der Waals surface area contributed by atoms with Crippen molar-refractivity contribution >= 4 is 17.5 Å². The molecule has 0 unspecified atom stereocenters. The number of aromatic nitrogens is 3.